The average molecular weight is 311 g/mol. The highest BCUT2D eigenvalue weighted by molar-refractivity contribution is 7.93. The van der Waals surface area contributed by atoms with Crippen molar-refractivity contribution in [2.24, 2.45) is 0 Å². The number of thiazole rings is 1. The number of benzene rings is 1. The van der Waals surface area contributed by atoms with Gasteiger partial charge in [0.25, 0.3) is 10.0 Å². The number of nitrogens with one attached hydrogen (secondary N) is 1. The van der Waals surface area contributed by atoms with E-state index in [0.717, 1.165) is 5.69 Å². The number of hydrogen-bond acceptors (Lipinski definition) is 5. The summed E-state index contributed by atoms with van der Waals surface area (Å²) in [5.74, 6) is 0.263. The predicted octanol–water partition coefficient (Wildman–Crippen LogP) is 2.96. The average Bonchev–Trinajstić information content (AvgIpc) is 2.80. The van der Waals surface area contributed by atoms with Crippen LogP contribution in [0.3, 0.4) is 0 Å². The molecule has 20 heavy (non-hydrogen) atoms. The number of anilines is 2. The van der Waals surface area contributed by atoms with E-state index in [0.29, 0.717) is 16.4 Å². The molecule has 0 unspecified atom stereocenters. The Balaban J connectivity index is 2.33. The fourth-order valence-corrected chi connectivity index (χ4v) is 4.09. The lowest BCUT2D eigenvalue weighted by atomic mass is 10.2. The first-order chi connectivity index (χ1) is 9.31. The molecule has 0 fully saturated rings. The second-order valence-electron chi connectivity index (χ2n) is 4.81. The van der Waals surface area contributed by atoms with Crippen molar-refractivity contribution < 1.29 is 8.42 Å². The molecule has 0 aliphatic carbocycles. The molecule has 0 saturated carbocycles. The number of hydrogen-bond donors (Lipinski definition) is 2. The van der Waals surface area contributed by atoms with Crippen molar-refractivity contribution in [3.63, 3.8) is 0 Å². The van der Waals surface area contributed by atoms with E-state index in [-0.39, 0.29) is 10.8 Å². The zero-order chi connectivity index (χ0) is 14.9. The third-order valence-corrected chi connectivity index (χ3v) is 5.34. The van der Waals surface area contributed by atoms with Crippen molar-refractivity contribution in [2.75, 3.05) is 10.5 Å². The van der Waals surface area contributed by atoms with Gasteiger partial charge in [-0.25, -0.2) is 13.4 Å². The van der Waals surface area contributed by atoms with Gasteiger partial charge >= 0.3 is 0 Å². The van der Waals surface area contributed by atoms with Crippen LogP contribution in [0.25, 0.3) is 0 Å². The van der Waals surface area contributed by atoms with Crippen LogP contribution >= 0.6 is 11.3 Å². The van der Waals surface area contributed by atoms with E-state index in [4.69, 9.17) is 5.73 Å². The maximum Gasteiger partial charge on any atom is 0.264 e. The normalized spacial score (nSPS) is 11.8. The van der Waals surface area contributed by atoms with Crippen LogP contribution in [0.4, 0.5) is 10.8 Å². The summed E-state index contributed by atoms with van der Waals surface area (Å²) in [4.78, 5) is 4.45. The number of sulfonamides is 1. The summed E-state index contributed by atoms with van der Waals surface area (Å²) in [6.07, 6.45) is 0. The minimum Gasteiger partial charge on any atom is -0.398 e. The summed E-state index contributed by atoms with van der Waals surface area (Å²) in [5.41, 5.74) is 7.62. The van der Waals surface area contributed by atoms with Crippen LogP contribution in [0, 0.1) is 6.92 Å². The smallest absolute Gasteiger partial charge is 0.264 e. The van der Waals surface area contributed by atoms with E-state index >= 15 is 0 Å². The highest BCUT2D eigenvalue weighted by atomic mass is 32.2. The van der Waals surface area contributed by atoms with Crippen molar-refractivity contribution in [3.05, 3.63) is 34.8 Å². The largest absolute Gasteiger partial charge is 0.398 e. The minimum absolute atomic E-state index is 0.179. The van der Waals surface area contributed by atoms with E-state index in [1.807, 2.05) is 19.2 Å². The quantitative estimate of drug-likeness (QED) is 0.850. The maximum atomic E-state index is 12.4. The minimum atomic E-state index is -3.66. The summed E-state index contributed by atoms with van der Waals surface area (Å²) in [6.45, 7) is 5.70. The van der Waals surface area contributed by atoms with E-state index in [1.165, 1.54) is 17.4 Å². The first-order valence-corrected chi connectivity index (χ1v) is 8.51. The molecule has 2 aromatic rings. The molecule has 1 heterocycles. The van der Waals surface area contributed by atoms with Gasteiger partial charge in [0, 0.05) is 11.1 Å². The molecule has 0 amide bonds. The lowest BCUT2D eigenvalue weighted by Crippen LogP contribution is -2.14. The number of nitrogens with two attached hydrogens (primary N) is 1. The van der Waals surface area contributed by atoms with Gasteiger partial charge in [0.2, 0.25) is 0 Å². The van der Waals surface area contributed by atoms with Crippen LogP contribution in [0.1, 0.15) is 31.0 Å². The molecule has 3 N–H and O–H groups in total. The Labute approximate surface area is 122 Å². The van der Waals surface area contributed by atoms with E-state index in [2.05, 4.69) is 9.71 Å². The Morgan fingerprint density at radius 1 is 1.35 bits per heavy atom. The summed E-state index contributed by atoms with van der Waals surface area (Å²) < 4.78 is 27.2. The van der Waals surface area contributed by atoms with Crippen LogP contribution in [0.5, 0.6) is 0 Å². The molecule has 0 saturated heterocycles. The van der Waals surface area contributed by atoms with Gasteiger partial charge in [-0.1, -0.05) is 19.9 Å². The van der Waals surface area contributed by atoms with Gasteiger partial charge in [-0.3, -0.25) is 4.72 Å². The lowest BCUT2D eigenvalue weighted by molar-refractivity contribution is 0.600. The molecule has 0 aliphatic rings. The summed E-state index contributed by atoms with van der Waals surface area (Å²) >= 11 is 1.28. The van der Waals surface area contributed by atoms with Crippen molar-refractivity contribution >= 4 is 32.2 Å². The van der Waals surface area contributed by atoms with Crippen molar-refractivity contribution in [1.29, 1.82) is 0 Å². The van der Waals surface area contributed by atoms with Crippen molar-refractivity contribution in [1.82, 2.24) is 4.98 Å². The van der Waals surface area contributed by atoms with Gasteiger partial charge in [0.15, 0.2) is 5.13 Å². The molecular formula is C13H17N3O2S2. The van der Waals surface area contributed by atoms with Crippen LogP contribution in [-0.4, -0.2) is 13.4 Å². The standard InChI is InChI=1S/C13H17N3O2S2/c1-8(2)11-7-19-13(15-11)16-20(17,18)12-6-4-5-10(14)9(12)3/h4-8H,14H2,1-3H3,(H,15,16). The fourth-order valence-electron chi connectivity index (χ4n) is 1.69. The molecule has 0 radical (unpaired) electrons. The van der Waals surface area contributed by atoms with Crippen molar-refractivity contribution in [2.45, 2.75) is 31.6 Å². The predicted molar refractivity (Wildman–Crippen MR) is 82.6 cm³/mol. The Bertz CT molecular complexity index is 721. The molecule has 0 bridgehead atoms. The zero-order valence-electron chi connectivity index (χ0n) is 11.5. The molecule has 108 valence electrons. The van der Waals surface area contributed by atoms with Crippen LogP contribution in [0.15, 0.2) is 28.5 Å². The Kier molecular flexibility index (Phi) is 4.01. The Morgan fingerprint density at radius 2 is 2.05 bits per heavy atom. The van der Waals surface area contributed by atoms with Crippen LogP contribution in [-0.2, 0) is 10.0 Å². The van der Waals surface area contributed by atoms with Gasteiger partial charge < -0.3 is 5.73 Å². The van der Waals surface area contributed by atoms with Gasteiger partial charge in [0.05, 0.1) is 10.6 Å². The summed E-state index contributed by atoms with van der Waals surface area (Å²) in [5, 5.41) is 2.23. The highest BCUT2D eigenvalue weighted by Crippen LogP contribution is 2.26. The lowest BCUT2D eigenvalue weighted by Gasteiger charge is -2.09. The van der Waals surface area contributed by atoms with Gasteiger partial charge in [-0.15, -0.1) is 11.3 Å². The summed E-state index contributed by atoms with van der Waals surface area (Å²) in [6, 6.07) is 4.83. The van der Waals surface area contributed by atoms with E-state index in [9.17, 15) is 8.42 Å². The molecule has 7 heteroatoms. The molecule has 5 nitrogen and oxygen atoms in total. The summed E-state index contributed by atoms with van der Waals surface area (Å²) in [7, 11) is -3.66. The van der Waals surface area contributed by atoms with Gasteiger partial charge in [-0.2, -0.15) is 0 Å². The third kappa shape index (κ3) is 2.94. The SMILES string of the molecule is Cc1c(N)cccc1S(=O)(=O)Nc1nc(C(C)C)cs1. The third-order valence-electron chi connectivity index (χ3n) is 2.95. The van der Waals surface area contributed by atoms with Gasteiger partial charge in [-0.05, 0) is 30.5 Å². The molecule has 0 atom stereocenters. The Hall–Kier alpha value is -1.60. The molecule has 0 aliphatic heterocycles. The molecule has 0 spiro atoms. The maximum absolute atomic E-state index is 12.4. The van der Waals surface area contributed by atoms with E-state index in [1.54, 1.807) is 19.1 Å². The van der Waals surface area contributed by atoms with Crippen LogP contribution < -0.4 is 10.5 Å². The molecule has 2 rings (SSSR count). The Morgan fingerprint density at radius 3 is 2.65 bits per heavy atom. The van der Waals surface area contributed by atoms with Crippen molar-refractivity contribution in [3.8, 4) is 0 Å². The second-order valence-corrected chi connectivity index (χ2v) is 7.32. The molecule has 1 aromatic heterocycles. The number of nitrogens with zero attached hydrogens (tertiary/aromatic N) is 1. The molecular weight excluding hydrogens is 294 g/mol. The zero-order valence-corrected chi connectivity index (χ0v) is 13.2. The monoisotopic (exact) mass is 311 g/mol. The molecule has 1 aromatic carbocycles. The fraction of sp³-hybridized carbons (Fsp3) is 0.308. The number of nitrogen functional groups attached to an aromatic ring is 1. The topological polar surface area (TPSA) is 85.1 Å². The highest BCUT2D eigenvalue weighted by Gasteiger charge is 2.19. The van der Waals surface area contributed by atoms with Gasteiger partial charge in [0.1, 0.15) is 0 Å². The van der Waals surface area contributed by atoms with E-state index < -0.39 is 10.0 Å². The second kappa shape index (κ2) is 5.41. The number of aromatic nitrogens is 1. The van der Waals surface area contributed by atoms with Crippen LogP contribution in [0.2, 0.25) is 0 Å². The first kappa shape index (κ1) is 14.8. The first-order valence-electron chi connectivity index (χ1n) is 6.14. The number of rotatable bonds is 4.